The van der Waals surface area contributed by atoms with Crippen LogP contribution in [-0.4, -0.2) is 25.6 Å². The third kappa shape index (κ3) is 3.94. The summed E-state index contributed by atoms with van der Waals surface area (Å²) in [5.41, 5.74) is 5.23. The van der Waals surface area contributed by atoms with Crippen molar-refractivity contribution in [1.29, 1.82) is 0 Å². The van der Waals surface area contributed by atoms with Gasteiger partial charge < -0.3 is 10.3 Å². The van der Waals surface area contributed by atoms with Gasteiger partial charge in [0.2, 0.25) is 0 Å². The van der Waals surface area contributed by atoms with E-state index in [1.165, 1.54) is 23.9 Å². The number of fused-ring (bicyclic) bond motifs is 3. The van der Waals surface area contributed by atoms with Crippen molar-refractivity contribution in [3.8, 4) is 0 Å². The van der Waals surface area contributed by atoms with Crippen molar-refractivity contribution in [1.82, 2.24) is 10.3 Å². The van der Waals surface area contributed by atoms with Crippen LogP contribution in [0.25, 0.3) is 10.9 Å². The molecule has 1 aliphatic carbocycles. The van der Waals surface area contributed by atoms with Gasteiger partial charge in [0.1, 0.15) is 0 Å². The van der Waals surface area contributed by atoms with E-state index in [1.54, 1.807) is 24.3 Å². The number of aromatic amines is 1. The van der Waals surface area contributed by atoms with Crippen molar-refractivity contribution >= 4 is 26.6 Å². The summed E-state index contributed by atoms with van der Waals surface area (Å²) >= 11 is 0. The first-order valence-electron chi connectivity index (χ1n) is 9.96. The lowest BCUT2D eigenvalue weighted by atomic mass is 9.87. The highest BCUT2D eigenvalue weighted by Crippen LogP contribution is 2.32. The molecule has 1 aromatic heterocycles. The standard InChI is InChI=1S/C23H26N2O3S/c1-14-4-10-21-19(12-14)20-13-17(7-11-22(20)25-21)23(26)24-15(2)16-5-8-18(9-6-16)29(3,27)28/h5-9,11,13-15,25H,4,10,12H2,1-3H3,(H,24,26). The van der Waals surface area contributed by atoms with Crippen LogP contribution in [0.3, 0.4) is 0 Å². The summed E-state index contributed by atoms with van der Waals surface area (Å²) in [6, 6.07) is 12.2. The number of aromatic nitrogens is 1. The quantitative estimate of drug-likeness (QED) is 0.677. The van der Waals surface area contributed by atoms with Crippen LogP contribution in [-0.2, 0) is 22.7 Å². The fourth-order valence-corrected chi connectivity index (χ4v) is 4.73. The summed E-state index contributed by atoms with van der Waals surface area (Å²) in [6.45, 7) is 4.17. The smallest absolute Gasteiger partial charge is 0.251 e. The van der Waals surface area contributed by atoms with Crippen LogP contribution >= 0.6 is 0 Å². The number of carbonyl (C=O) groups is 1. The number of benzene rings is 2. The molecule has 0 bridgehead atoms. The number of H-pyrrole nitrogens is 1. The molecule has 2 atom stereocenters. The van der Waals surface area contributed by atoms with E-state index in [0.717, 1.165) is 29.3 Å². The van der Waals surface area contributed by atoms with E-state index in [-0.39, 0.29) is 16.8 Å². The average Bonchev–Trinajstić information content (AvgIpc) is 3.04. The van der Waals surface area contributed by atoms with E-state index >= 15 is 0 Å². The first-order chi connectivity index (χ1) is 13.7. The fourth-order valence-electron chi connectivity index (χ4n) is 4.10. The fraction of sp³-hybridized carbons (Fsp3) is 0.348. The Morgan fingerprint density at radius 3 is 2.59 bits per heavy atom. The molecule has 0 saturated heterocycles. The summed E-state index contributed by atoms with van der Waals surface area (Å²) in [4.78, 5) is 16.6. The zero-order valence-corrected chi connectivity index (χ0v) is 17.8. The molecule has 29 heavy (non-hydrogen) atoms. The molecule has 0 saturated carbocycles. The van der Waals surface area contributed by atoms with Gasteiger partial charge in [-0.2, -0.15) is 0 Å². The summed E-state index contributed by atoms with van der Waals surface area (Å²) in [6.07, 6.45) is 4.49. The van der Waals surface area contributed by atoms with E-state index in [1.807, 2.05) is 25.1 Å². The first-order valence-corrected chi connectivity index (χ1v) is 11.9. The molecule has 4 rings (SSSR count). The van der Waals surface area contributed by atoms with Crippen LogP contribution in [0.2, 0.25) is 0 Å². The van der Waals surface area contributed by atoms with E-state index in [2.05, 4.69) is 17.2 Å². The topological polar surface area (TPSA) is 79.0 Å². The van der Waals surface area contributed by atoms with Gasteiger partial charge in [0.15, 0.2) is 9.84 Å². The maximum atomic E-state index is 12.8. The highest BCUT2D eigenvalue weighted by atomic mass is 32.2. The van der Waals surface area contributed by atoms with Crippen molar-refractivity contribution in [2.45, 2.75) is 44.0 Å². The highest BCUT2D eigenvalue weighted by molar-refractivity contribution is 7.90. The third-order valence-electron chi connectivity index (χ3n) is 5.85. The van der Waals surface area contributed by atoms with Crippen LogP contribution in [0.1, 0.15) is 53.5 Å². The zero-order chi connectivity index (χ0) is 20.8. The van der Waals surface area contributed by atoms with Crippen molar-refractivity contribution in [3.63, 3.8) is 0 Å². The van der Waals surface area contributed by atoms with E-state index in [9.17, 15) is 13.2 Å². The third-order valence-corrected chi connectivity index (χ3v) is 6.98. The van der Waals surface area contributed by atoms with Gasteiger partial charge in [-0.25, -0.2) is 8.42 Å². The number of aryl methyl sites for hydroxylation is 1. The Morgan fingerprint density at radius 2 is 1.90 bits per heavy atom. The molecule has 2 unspecified atom stereocenters. The predicted molar refractivity (Wildman–Crippen MR) is 115 cm³/mol. The second-order valence-electron chi connectivity index (χ2n) is 8.23. The normalized spacial score (nSPS) is 17.7. The monoisotopic (exact) mass is 410 g/mol. The molecule has 2 aromatic carbocycles. The van der Waals surface area contributed by atoms with Crippen LogP contribution in [0, 0.1) is 5.92 Å². The zero-order valence-electron chi connectivity index (χ0n) is 17.0. The van der Waals surface area contributed by atoms with Crippen molar-refractivity contribution < 1.29 is 13.2 Å². The molecule has 1 aliphatic rings. The van der Waals surface area contributed by atoms with Crippen LogP contribution in [0.15, 0.2) is 47.4 Å². The van der Waals surface area contributed by atoms with Crippen LogP contribution in [0.5, 0.6) is 0 Å². The molecule has 6 heteroatoms. The maximum Gasteiger partial charge on any atom is 0.251 e. The number of nitrogens with one attached hydrogen (secondary N) is 2. The minimum atomic E-state index is -3.23. The maximum absolute atomic E-state index is 12.8. The SMILES string of the molecule is CC1CCc2[nH]c3ccc(C(=O)NC(C)c4ccc(S(C)(=O)=O)cc4)cc3c2C1. The molecule has 2 N–H and O–H groups in total. The van der Waals surface area contributed by atoms with Crippen molar-refractivity contribution in [3.05, 3.63) is 64.8 Å². The lowest BCUT2D eigenvalue weighted by molar-refractivity contribution is 0.0940. The van der Waals surface area contributed by atoms with Gasteiger partial charge in [0, 0.05) is 28.4 Å². The molecule has 1 heterocycles. The van der Waals surface area contributed by atoms with Gasteiger partial charge in [0.05, 0.1) is 10.9 Å². The molecule has 0 spiro atoms. The molecule has 5 nitrogen and oxygen atoms in total. The molecular formula is C23H26N2O3S. The molecule has 152 valence electrons. The van der Waals surface area contributed by atoms with E-state index < -0.39 is 9.84 Å². The Balaban J connectivity index is 1.55. The average molecular weight is 411 g/mol. The van der Waals surface area contributed by atoms with E-state index in [0.29, 0.717) is 11.5 Å². The molecule has 0 aliphatic heterocycles. The molecule has 0 radical (unpaired) electrons. The summed E-state index contributed by atoms with van der Waals surface area (Å²) in [7, 11) is -3.23. The number of hydrogen-bond acceptors (Lipinski definition) is 3. The molecule has 3 aromatic rings. The van der Waals surface area contributed by atoms with Crippen LogP contribution < -0.4 is 5.32 Å². The van der Waals surface area contributed by atoms with Gasteiger partial charge >= 0.3 is 0 Å². The highest BCUT2D eigenvalue weighted by Gasteiger charge is 2.21. The molecular weight excluding hydrogens is 384 g/mol. The summed E-state index contributed by atoms with van der Waals surface area (Å²) in [5, 5.41) is 4.16. The minimum Gasteiger partial charge on any atom is -0.358 e. The van der Waals surface area contributed by atoms with Gasteiger partial charge in [-0.15, -0.1) is 0 Å². The first kappa shape index (κ1) is 19.7. The summed E-state index contributed by atoms with van der Waals surface area (Å²) in [5.74, 6) is 0.527. The summed E-state index contributed by atoms with van der Waals surface area (Å²) < 4.78 is 23.2. The number of hydrogen-bond donors (Lipinski definition) is 2. The Hall–Kier alpha value is -2.60. The lowest BCUT2D eigenvalue weighted by Crippen LogP contribution is -2.26. The van der Waals surface area contributed by atoms with E-state index in [4.69, 9.17) is 0 Å². The Bertz CT molecular complexity index is 1180. The minimum absolute atomic E-state index is 0.134. The lowest BCUT2D eigenvalue weighted by Gasteiger charge is -2.18. The van der Waals surface area contributed by atoms with Gasteiger partial charge in [-0.05, 0) is 73.6 Å². The Morgan fingerprint density at radius 1 is 1.17 bits per heavy atom. The second-order valence-corrected chi connectivity index (χ2v) is 10.2. The number of carbonyl (C=O) groups excluding carboxylic acids is 1. The van der Waals surface area contributed by atoms with Gasteiger partial charge in [-0.3, -0.25) is 4.79 Å². The Labute approximate surface area is 171 Å². The second kappa shape index (κ2) is 7.34. The molecule has 0 fully saturated rings. The van der Waals surface area contributed by atoms with Crippen molar-refractivity contribution in [2.75, 3.05) is 6.26 Å². The van der Waals surface area contributed by atoms with Crippen LogP contribution in [0.4, 0.5) is 0 Å². The number of amides is 1. The predicted octanol–water partition coefficient (Wildman–Crippen LogP) is 4.19. The largest absolute Gasteiger partial charge is 0.358 e. The Kier molecular flexibility index (Phi) is 4.99. The number of sulfone groups is 1. The number of rotatable bonds is 4. The molecule has 1 amide bonds. The van der Waals surface area contributed by atoms with Gasteiger partial charge in [-0.1, -0.05) is 19.1 Å². The van der Waals surface area contributed by atoms with Crippen molar-refractivity contribution in [2.24, 2.45) is 5.92 Å². The van der Waals surface area contributed by atoms with Gasteiger partial charge in [0.25, 0.3) is 5.91 Å².